The molecule has 1 N–H and O–H groups in total. The molecule has 68 heavy (non-hydrogen) atoms. The summed E-state index contributed by atoms with van der Waals surface area (Å²) in [4.78, 5) is 47.6. The van der Waals surface area contributed by atoms with Gasteiger partial charge in [0.15, 0.2) is 5.82 Å². The Bertz CT molecular complexity index is 3470. The number of amides is 1. The van der Waals surface area contributed by atoms with Crippen LogP contribution in [0, 0.1) is 31.4 Å². The minimum absolute atomic E-state index is 0.0138. The predicted octanol–water partition coefficient (Wildman–Crippen LogP) is 8.17. The number of hydrogen-bond donors (Lipinski definition) is 1. The lowest BCUT2D eigenvalue weighted by atomic mass is 9.83. The quantitative estimate of drug-likeness (QED) is 0.151. The summed E-state index contributed by atoms with van der Waals surface area (Å²) < 4.78 is 66.5. The van der Waals surface area contributed by atoms with Crippen molar-refractivity contribution in [3.05, 3.63) is 139 Å². The lowest BCUT2D eigenvalue weighted by Gasteiger charge is -2.35. The highest BCUT2D eigenvalue weighted by Crippen LogP contribution is 2.56. The zero-order valence-electron chi connectivity index (χ0n) is 39.0. The Hall–Kier alpha value is -6.40. The number of imidazole rings is 1. The minimum atomic E-state index is -2.82. The van der Waals surface area contributed by atoms with Crippen LogP contribution < -0.4 is 11.4 Å². The number of aromatic nitrogens is 7. The van der Waals surface area contributed by atoms with Crippen LogP contribution >= 0.6 is 0 Å². The fourth-order valence-corrected chi connectivity index (χ4v) is 13.3. The number of aryl methyl sites for hydroxylation is 2. The van der Waals surface area contributed by atoms with Gasteiger partial charge in [-0.15, -0.1) is 0 Å². The van der Waals surface area contributed by atoms with E-state index in [1.54, 1.807) is 41.6 Å². The summed E-state index contributed by atoms with van der Waals surface area (Å²) in [7, 11) is -1.33. The fourth-order valence-electron chi connectivity index (χ4n) is 11.1. The third kappa shape index (κ3) is 6.79. The van der Waals surface area contributed by atoms with Gasteiger partial charge in [-0.3, -0.25) is 23.4 Å². The van der Waals surface area contributed by atoms with Gasteiger partial charge in [0, 0.05) is 60.7 Å². The predicted molar refractivity (Wildman–Crippen MR) is 251 cm³/mol. The van der Waals surface area contributed by atoms with Gasteiger partial charge in [-0.05, 0) is 144 Å². The second-order valence-corrected chi connectivity index (χ2v) is 22.4. The number of nitrogens with one attached hydrogen (secondary N) is 1. The van der Waals surface area contributed by atoms with Gasteiger partial charge in [0.05, 0.1) is 43.3 Å². The Morgan fingerprint density at radius 2 is 1.69 bits per heavy atom. The van der Waals surface area contributed by atoms with Crippen molar-refractivity contribution >= 4 is 26.5 Å². The van der Waals surface area contributed by atoms with E-state index in [0.717, 1.165) is 42.1 Å². The molecular weight excluding hydrogens is 893 g/mol. The third-order valence-corrected chi connectivity index (χ3v) is 17.7. The van der Waals surface area contributed by atoms with Gasteiger partial charge in [0.25, 0.3) is 5.91 Å². The van der Waals surface area contributed by atoms with Crippen LogP contribution in [-0.4, -0.2) is 79.7 Å². The van der Waals surface area contributed by atoms with Crippen LogP contribution in [0.4, 0.5) is 8.78 Å². The summed E-state index contributed by atoms with van der Waals surface area (Å²) in [6, 6.07) is 15.1. The number of halogens is 2. The molecule has 15 nitrogen and oxygen atoms in total. The highest BCUT2D eigenvalue weighted by atomic mass is 32.2. The standard InChI is InChI=1S/C50H53F2N9O6S/c1-27-20-34(21-28(2)43(27)52)61-44(59-18-17-58(48(59)64)40-13-11-36(24-37(40)51)68(65,53-7)35-9-10-35)42-30(4)57(16-14-38(42)55-61)45(62)41-23-33-22-31(32-15-19-66-49(5,6)26-32)8-12-39(33)60(41)50(25-29(50)3)46-54-47(63)67-56-46/h8,11-13,17-18,20-24,29-30,32,35H,9-10,14-16,19,25-26H2,1-7H3,(H,54,56,63)/t29-,30-,32-,50-,68-/m0/s1. The van der Waals surface area contributed by atoms with Crippen LogP contribution in [0.2, 0.25) is 0 Å². The summed E-state index contributed by atoms with van der Waals surface area (Å²) in [5.74, 6) is -1.17. The maximum atomic E-state index is 16.1. The number of fused-ring (bicyclic) bond motifs is 2. The van der Waals surface area contributed by atoms with E-state index in [9.17, 15) is 13.8 Å². The number of aromatic amines is 1. The molecule has 4 aromatic heterocycles. The Kier molecular flexibility index (Phi) is 10.1. The first-order valence-corrected chi connectivity index (χ1v) is 24.8. The number of H-pyrrole nitrogens is 1. The van der Waals surface area contributed by atoms with E-state index in [4.69, 9.17) is 14.4 Å². The van der Waals surface area contributed by atoms with Crippen LogP contribution in [0.3, 0.4) is 0 Å². The smallest absolute Gasteiger partial charge is 0.376 e. The first-order chi connectivity index (χ1) is 32.4. The number of carbonyl (C=O) groups excluding carboxylic acids is 1. The van der Waals surface area contributed by atoms with Crippen molar-refractivity contribution < 1.29 is 27.0 Å². The fraction of sp³-hybridized carbons (Fsp3) is 0.420. The maximum Gasteiger partial charge on any atom is 0.438 e. The molecule has 3 fully saturated rings. The van der Waals surface area contributed by atoms with Crippen LogP contribution in [0.25, 0.3) is 28.1 Å². The zero-order valence-corrected chi connectivity index (χ0v) is 39.8. The zero-order chi connectivity index (χ0) is 47.8. The molecular formula is C50H53F2N9O6S. The second kappa shape index (κ2) is 15.6. The lowest BCUT2D eigenvalue weighted by molar-refractivity contribution is -0.0592. The normalized spacial score (nSPS) is 23.1. The SMILES string of the molecule is CN=[S@@](=O)(c1ccc(-n2ccn(-c3c4c(nn3-c3cc(C)c(F)c(C)c3)CCN(C(=O)c3cc5cc([C@H]6CCOC(C)(C)C6)ccc5n3[C@@]3(c5noc(=O)[nH]5)C[C@@H]3C)[C@H]4C)c2=O)c(F)c1)C1CC1. The number of nitrogens with zero attached hydrogens (tertiary/aromatic N) is 8. The summed E-state index contributed by atoms with van der Waals surface area (Å²) in [6.07, 6.45) is 7.12. The second-order valence-electron chi connectivity index (χ2n) is 19.8. The van der Waals surface area contributed by atoms with E-state index in [0.29, 0.717) is 64.9 Å². The van der Waals surface area contributed by atoms with Gasteiger partial charge in [-0.2, -0.15) is 5.10 Å². The summed E-state index contributed by atoms with van der Waals surface area (Å²) in [5, 5.41) is 9.97. The van der Waals surface area contributed by atoms with Gasteiger partial charge < -0.3 is 14.2 Å². The number of carbonyl (C=O) groups is 1. The van der Waals surface area contributed by atoms with Crippen molar-refractivity contribution in [2.45, 2.75) is 113 Å². The molecule has 18 heteroatoms. The van der Waals surface area contributed by atoms with Crippen molar-refractivity contribution in [1.29, 1.82) is 0 Å². The molecule has 3 aromatic carbocycles. The van der Waals surface area contributed by atoms with E-state index in [-0.39, 0.29) is 51.5 Å². The first kappa shape index (κ1) is 44.1. The van der Waals surface area contributed by atoms with Crippen LogP contribution in [-0.2, 0) is 26.4 Å². The average molecular weight is 946 g/mol. The van der Waals surface area contributed by atoms with Crippen LogP contribution in [0.5, 0.6) is 0 Å². The molecule has 0 bridgehead atoms. The molecule has 4 aliphatic rings. The largest absolute Gasteiger partial charge is 0.438 e. The monoisotopic (exact) mass is 945 g/mol. The highest BCUT2D eigenvalue weighted by molar-refractivity contribution is 7.94. The number of ether oxygens (including phenoxy) is 1. The Morgan fingerprint density at radius 3 is 2.34 bits per heavy atom. The summed E-state index contributed by atoms with van der Waals surface area (Å²) in [5.41, 5.74) is 3.05. The molecule has 0 unspecified atom stereocenters. The van der Waals surface area contributed by atoms with Crippen molar-refractivity contribution in [3.8, 4) is 17.2 Å². The Labute approximate surface area is 390 Å². The third-order valence-electron chi connectivity index (χ3n) is 14.9. The maximum absolute atomic E-state index is 16.1. The first-order valence-electron chi connectivity index (χ1n) is 23.2. The van der Waals surface area contributed by atoms with Crippen LogP contribution in [0.15, 0.2) is 90.4 Å². The molecule has 2 aliphatic carbocycles. The molecule has 2 saturated carbocycles. The molecule has 0 radical (unpaired) electrons. The van der Waals surface area contributed by atoms with E-state index in [1.165, 1.54) is 40.7 Å². The Balaban J connectivity index is 1.04. The molecule has 6 heterocycles. The number of benzene rings is 3. The van der Waals surface area contributed by atoms with Gasteiger partial charge in [0.2, 0.25) is 0 Å². The molecule has 5 atom stereocenters. The van der Waals surface area contributed by atoms with E-state index >= 15 is 13.6 Å². The van der Waals surface area contributed by atoms with Crippen molar-refractivity contribution in [2.24, 2.45) is 10.3 Å². The molecule has 1 amide bonds. The van der Waals surface area contributed by atoms with Gasteiger partial charge in [-0.1, -0.05) is 18.1 Å². The average Bonchev–Trinajstić information content (AvgIpc) is 4.04. The van der Waals surface area contributed by atoms with Gasteiger partial charge >= 0.3 is 11.4 Å². The van der Waals surface area contributed by atoms with Gasteiger partial charge in [0.1, 0.15) is 28.7 Å². The molecule has 7 aromatic rings. The van der Waals surface area contributed by atoms with E-state index < -0.39 is 38.6 Å². The molecule has 354 valence electrons. The van der Waals surface area contributed by atoms with Crippen molar-refractivity contribution in [2.75, 3.05) is 20.2 Å². The molecule has 11 rings (SSSR count). The highest BCUT2D eigenvalue weighted by Gasteiger charge is 2.59. The Morgan fingerprint density at radius 1 is 0.956 bits per heavy atom. The van der Waals surface area contributed by atoms with Crippen molar-refractivity contribution in [1.82, 2.24) is 38.5 Å². The number of hydrogen-bond acceptors (Lipinski definition) is 9. The van der Waals surface area contributed by atoms with E-state index in [2.05, 4.69) is 53.5 Å². The van der Waals surface area contributed by atoms with Crippen LogP contribution in [0.1, 0.15) is 116 Å². The molecule has 1 saturated heterocycles. The molecule has 2 aliphatic heterocycles. The minimum Gasteiger partial charge on any atom is -0.376 e. The number of rotatable bonds is 9. The van der Waals surface area contributed by atoms with E-state index in [1.807, 2.05) is 17.6 Å². The topological polar surface area (TPSA) is 168 Å². The lowest BCUT2D eigenvalue weighted by Crippen LogP contribution is -2.41. The molecule has 0 spiro atoms. The van der Waals surface area contributed by atoms with Crippen molar-refractivity contribution in [3.63, 3.8) is 0 Å². The summed E-state index contributed by atoms with van der Waals surface area (Å²) >= 11 is 0. The summed E-state index contributed by atoms with van der Waals surface area (Å²) in [6.45, 7) is 12.4. The van der Waals surface area contributed by atoms with Gasteiger partial charge in [-0.25, -0.2) is 31.6 Å².